The number of hydrogen-bond donors (Lipinski definition) is 1. The molecule has 2 saturated carbocycles. The van der Waals surface area contributed by atoms with E-state index in [9.17, 15) is 0 Å². The van der Waals surface area contributed by atoms with Gasteiger partial charge in [0.15, 0.2) is 0 Å². The Bertz CT molecular complexity index is 394. The first-order valence-electron chi connectivity index (χ1n) is 8.15. The van der Waals surface area contributed by atoms with Crippen LogP contribution in [-0.4, -0.2) is 6.54 Å². The summed E-state index contributed by atoms with van der Waals surface area (Å²) in [4.78, 5) is 0. The third kappa shape index (κ3) is 2.58. The summed E-state index contributed by atoms with van der Waals surface area (Å²) < 4.78 is 0. The Hall–Kier alpha value is -0.820. The lowest BCUT2D eigenvalue weighted by Crippen LogP contribution is -2.31. The average Bonchev–Trinajstić information content (AvgIpc) is 2.98. The van der Waals surface area contributed by atoms with Crippen molar-refractivity contribution in [2.24, 2.45) is 5.73 Å². The maximum Gasteiger partial charge on any atom is 0.00755 e. The molecule has 0 saturated heterocycles. The van der Waals surface area contributed by atoms with Crippen LogP contribution in [0.1, 0.15) is 74.8 Å². The zero-order valence-electron chi connectivity index (χ0n) is 12.0. The molecule has 2 fully saturated rings. The normalized spacial score (nSPS) is 23.6. The first kappa shape index (κ1) is 13.2. The minimum atomic E-state index is 0.297. The van der Waals surface area contributed by atoms with E-state index in [0.717, 1.165) is 12.5 Å². The van der Waals surface area contributed by atoms with Crippen LogP contribution in [0.5, 0.6) is 0 Å². The van der Waals surface area contributed by atoms with Gasteiger partial charge in [-0.15, -0.1) is 0 Å². The van der Waals surface area contributed by atoms with Gasteiger partial charge in [0.05, 0.1) is 0 Å². The molecular formula is C18H27N. The minimum absolute atomic E-state index is 0.297. The van der Waals surface area contributed by atoms with Crippen LogP contribution in [0.4, 0.5) is 0 Å². The van der Waals surface area contributed by atoms with Crippen molar-refractivity contribution in [3.05, 3.63) is 35.4 Å². The van der Waals surface area contributed by atoms with Crippen molar-refractivity contribution in [3.8, 4) is 0 Å². The van der Waals surface area contributed by atoms with E-state index in [0.29, 0.717) is 5.41 Å². The molecule has 1 heteroatoms. The first-order chi connectivity index (χ1) is 9.34. The quantitative estimate of drug-likeness (QED) is 0.847. The molecule has 0 heterocycles. The highest BCUT2D eigenvalue weighted by atomic mass is 14.6. The molecule has 0 spiro atoms. The molecule has 104 valence electrons. The highest BCUT2D eigenvalue weighted by Gasteiger charge is 2.34. The summed E-state index contributed by atoms with van der Waals surface area (Å²) in [5.41, 5.74) is 9.43. The standard InChI is InChI=1S/C18H27N/c19-14-18(12-4-5-13-18)17-10-8-16(9-11-17)15-6-2-1-3-7-15/h8-11,15H,1-7,12-14,19H2. The summed E-state index contributed by atoms with van der Waals surface area (Å²) in [6.45, 7) is 0.815. The highest BCUT2D eigenvalue weighted by molar-refractivity contribution is 5.32. The number of nitrogens with two attached hydrogens (primary N) is 1. The van der Waals surface area contributed by atoms with Gasteiger partial charge in [-0.25, -0.2) is 0 Å². The van der Waals surface area contributed by atoms with Gasteiger partial charge >= 0.3 is 0 Å². The van der Waals surface area contributed by atoms with Crippen LogP contribution in [0.25, 0.3) is 0 Å². The maximum absolute atomic E-state index is 6.08. The van der Waals surface area contributed by atoms with E-state index in [1.54, 1.807) is 5.56 Å². The van der Waals surface area contributed by atoms with Crippen molar-refractivity contribution in [3.63, 3.8) is 0 Å². The van der Waals surface area contributed by atoms with Crippen molar-refractivity contribution in [2.75, 3.05) is 6.54 Å². The molecule has 0 radical (unpaired) electrons. The van der Waals surface area contributed by atoms with Gasteiger partial charge in [-0.2, -0.15) is 0 Å². The van der Waals surface area contributed by atoms with Gasteiger partial charge < -0.3 is 5.73 Å². The summed E-state index contributed by atoms with van der Waals surface area (Å²) >= 11 is 0. The molecule has 0 unspecified atom stereocenters. The van der Waals surface area contributed by atoms with Crippen LogP contribution in [-0.2, 0) is 5.41 Å². The lowest BCUT2D eigenvalue weighted by molar-refractivity contribution is 0.440. The van der Waals surface area contributed by atoms with E-state index in [1.165, 1.54) is 63.4 Å². The van der Waals surface area contributed by atoms with Gasteiger partial charge in [-0.3, -0.25) is 0 Å². The Labute approximate surface area is 117 Å². The molecule has 0 atom stereocenters. The summed E-state index contributed by atoms with van der Waals surface area (Å²) in [5.74, 6) is 0.820. The van der Waals surface area contributed by atoms with Gasteiger partial charge in [0.1, 0.15) is 0 Å². The van der Waals surface area contributed by atoms with Crippen LogP contribution in [0.3, 0.4) is 0 Å². The predicted molar refractivity (Wildman–Crippen MR) is 81.5 cm³/mol. The van der Waals surface area contributed by atoms with E-state index in [-0.39, 0.29) is 0 Å². The Kier molecular flexibility index (Phi) is 3.93. The van der Waals surface area contributed by atoms with Gasteiger partial charge in [0.25, 0.3) is 0 Å². The second kappa shape index (κ2) is 5.66. The Balaban J connectivity index is 1.78. The molecule has 0 amide bonds. The molecular weight excluding hydrogens is 230 g/mol. The van der Waals surface area contributed by atoms with Crippen molar-refractivity contribution in [2.45, 2.75) is 69.1 Å². The predicted octanol–water partition coefficient (Wildman–Crippen LogP) is 4.50. The van der Waals surface area contributed by atoms with Gasteiger partial charge in [-0.05, 0) is 42.7 Å². The fourth-order valence-electron chi connectivity index (χ4n) is 4.21. The molecule has 19 heavy (non-hydrogen) atoms. The molecule has 2 N–H and O–H groups in total. The van der Waals surface area contributed by atoms with Crippen LogP contribution in [0, 0.1) is 0 Å². The van der Waals surface area contributed by atoms with E-state index in [2.05, 4.69) is 24.3 Å². The fraction of sp³-hybridized carbons (Fsp3) is 0.667. The lowest BCUT2D eigenvalue weighted by Gasteiger charge is -2.29. The molecule has 3 rings (SSSR count). The van der Waals surface area contributed by atoms with E-state index in [4.69, 9.17) is 5.73 Å². The Morgan fingerprint density at radius 2 is 1.53 bits per heavy atom. The summed E-state index contributed by atoms with van der Waals surface area (Å²) in [7, 11) is 0. The van der Waals surface area contributed by atoms with Crippen molar-refractivity contribution in [1.29, 1.82) is 0 Å². The number of benzene rings is 1. The number of rotatable bonds is 3. The number of hydrogen-bond acceptors (Lipinski definition) is 1. The third-order valence-electron chi connectivity index (χ3n) is 5.55. The molecule has 0 aromatic heterocycles. The van der Waals surface area contributed by atoms with Crippen molar-refractivity contribution < 1.29 is 0 Å². The largest absolute Gasteiger partial charge is 0.330 e. The van der Waals surface area contributed by atoms with Gasteiger partial charge in [0.2, 0.25) is 0 Å². The first-order valence-corrected chi connectivity index (χ1v) is 8.15. The topological polar surface area (TPSA) is 26.0 Å². The molecule has 2 aliphatic rings. The molecule has 2 aliphatic carbocycles. The molecule has 1 aromatic carbocycles. The average molecular weight is 257 g/mol. The van der Waals surface area contributed by atoms with Crippen LogP contribution in [0.15, 0.2) is 24.3 Å². The summed E-state index contributed by atoms with van der Waals surface area (Å²) in [5, 5.41) is 0. The summed E-state index contributed by atoms with van der Waals surface area (Å²) in [6.07, 6.45) is 12.3. The zero-order valence-corrected chi connectivity index (χ0v) is 12.0. The van der Waals surface area contributed by atoms with Crippen LogP contribution < -0.4 is 5.73 Å². The van der Waals surface area contributed by atoms with Crippen molar-refractivity contribution >= 4 is 0 Å². The SMILES string of the molecule is NCC1(c2ccc(C3CCCCC3)cc2)CCCC1. The Morgan fingerprint density at radius 1 is 0.895 bits per heavy atom. The molecule has 0 aliphatic heterocycles. The second-order valence-electron chi connectivity index (χ2n) is 6.65. The van der Waals surface area contributed by atoms with E-state index >= 15 is 0 Å². The molecule has 1 nitrogen and oxygen atoms in total. The van der Waals surface area contributed by atoms with Crippen LogP contribution in [0.2, 0.25) is 0 Å². The highest BCUT2D eigenvalue weighted by Crippen LogP contribution is 2.41. The maximum atomic E-state index is 6.08. The van der Waals surface area contributed by atoms with E-state index < -0.39 is 0 Å². The third-order valence-corrected chi connectivity index (χ3v) is 5.55. The zero-order chi connectivity index (χ0) is 13.1. The lowest BCUT2D eigenvalue weighted by atomic mass is 9.77. The fourth-order valence-corrected chi connectivity index (χ4v) is 4.21. The molecule has 1 aromatic rings. The Morgan fingerprint density at radius 3 is 2.11 bits per heavy atom. The monoisotopic (exact) mass is 257 g/mol. The second-order valence-corrected chi connectivity index (χ2v) is 6.65. The molecule has 0 bridgehead atoms. The van der Waals surface area contributed by atoms with Crippen LogP contribution >= 0.6 is 0 Å². The summed E-state index contributed by atoms with van der Waals surface area (Å²) in [6, 6.07) is 9.53. The van der Waals surface area contributed by atoms with E-state index in [1.807, 2.05) is 0 Å². The van der Waals surface area contributed by atoms with Crippen molar-refractivity contribution in [1.82, 2.24) is 0 Å². The van der Waals surface area contributed by atoms with Gasteiger partial charge in [0, 0.05) is 12.0 Å². The smallest absolute Gasteiger partial charge is 0.00755 e. The van der Waals surface area contributed by atoms with Gasteiger partial charge in [-0.1, -0.05) is 56.4 Å². The minimum Gasteiger partial charge on any atom is -0.330 e.